The lowest BCUT2D eigenvalue weighted by Gasteiger charge is -2.16. The van der Waals surface area contributed by atoms with Crippen LogP contribution in [0.3, 0.4) is 0 Å². The molecule has 2 aromatic rings. The second kappa shape index (κ2) is 8.62. The van der Waals surface area contributed by atoms with Gasteiger partial charge in [-0.3, -0.25) is 4.79 Å². The summed E-state index contributed by atoms with van der Waals surface area (Å²) in [5.74, 6) is -2.36. The third kappa shape index (κ3) is 5.45. The number of urea groups is 1. The molecule has 1 unspecified atom stereocenters. The number of halogens is 2. The highest BCUT2D eigenvalue weighted by atomic mass is 19.1. The van der Waals surface area contributed by atoms with Gasteiger partial charge in [-0.05, 0) is 17.7 Å². The van der Waals surface area contributed by atoms with E-state index in [1.54, 1.807) is 30.3 Å². The first-order chi connectivity index (χ1) is 12.0. The van der Waals surface area contributed by atoms with Crippen molar-refractivity contribution >= 4 is 11.9 Å². The summed E-state index contributed by atoms with van der Waals surface area (Å²) in [6.45, 7) is 0.00543. The van der Waals surface area contributed by atoms with Crippen molar-refractivity contribution in [3.05, 3.63) is 65.7 Å². The number of hydrogen-bond donors (Lipinski definition) is 3. The zero-order valence-corrected chi connectivity index (χ0v) is 13.2. The molecular formula is C17H17F2N3O3. The normalized spacial score (nSPS) is 11.4. The molecule has 0 aliphatic rings. The topological polar surface area (TPSA) is 93.5 Å². The zero-order valence-electron chi connectivity index (χ0n) is 13.2. The first-order valence-corrected chi connectivity index (χ1v) is 7.44. The van der Waals surface area contributed by atoms with Crippen LogP contribution in [-0.2, 0) is 4.79 Å². The number of nitrogens with two attached hydrogens (primary N) is 1. The Labute approximate surface area is 143 Å². The average Bonchev–Trinajstić information content (AvgIpc) is 2.58. The SMILES string of the molecule is NC(=O)C(NC(=O)NCCOc1ccc(F)cc1F)c1ccccc1. The largest absolute Gasteiger partial charge is 0.489 e. The van der Waals surface area contributed by atoms with Gasteiger partial charge in [0.2, 0.25) is 5.91 Å². The lowest BCUT2D eigenvalue weighted by molar-refractivity contribution is -0.119. The minimum atomic E-state index is -0.975. The van der Waals surface area contributed by atoms with E-state index in [9.17, 15) is 18.4 Å². The Balaban J connectivity index is 1.80. The summed E-state index contributed by atoms with van der Waals surface area (Å²) < 4.78 is 31.2. The molecule has 0 aromatic heterocycles. The van der Waals surface area contributed by atoms with Gasteiger partial charge in [-0.1, -0.05) is 30.3 Å². The van der Waals surface area contributed by atoms with Gasteiger partial charge >= 0.3 is 6.03 Å². The number of amides is 3. The number of hydrogen-bond acceptors (Lipinski definition) is 3. The Morgan fingerprint density at radius 2 is 1.84 bits per heavy atom. The van der Waals surface area contributed by atoms with E-state index >= 15 is 0 Å². The van der Waals surface area contributed by atoms with E-state index in [4.69, 9.17) is 10.5 Å². The summed E-state index contributed by atoms with van der Waals surface area (Å²) in [4.78, 5) is 23.3. The number of rotatable bonds is 7. The molecule has 1 atom stereocenters. The smallest absolute Gasteiger partial charge is 0.315 e. The first kappa shape index (κ1) is 18.2. The molecule has 4 N–H and O–H groups in total. The standard InChI is InChI=1S/C17H17F2N3O3/c18-12-6-7-14(13(19)10-12)25-9-8-21-17(24)22-15(16(20)23)11-4-2-1-3-5-11/h1-7,10,15H,8-9H2,(H2,20,23)(H2,21,22,24). The van der Waals surface area contributed by atoms with E-state index in [1.807, 2.05) is 0 Å². The Bertz CT molecular complexity index is 741. The highest BCUT2D eigenvalue weighted by Crippen LogP contribution is 2.17. The molecule has 0 bridgehead atoms. The minimum absolute atomic E-state index is 0.0391. The van der Waals surface area contributed by atoms with Crippen molar-refractivity contribution in [2.24, 2.45) is 5.73 Å². The van der Waals surface area contributed by atoms with Crippen LogP contribution < -0.4 is 21.1 Å². The quantitative estimate of drug-likeness (QED) is 0.666. The molecule has 6 nitrogen and oxygen atoms in total. The first-order valence-electron chi connectivity index (χ1n) is 7.44. The molecule has 0 saturated heterocycles. The fourth-order valence-electron chi connectivity index (χ4n) is 2.06. The van der Waals surface area contributed by atoms with Gasteiger partial charge in [-0.15, -0.1) is 0 Å². The van der Waals surface area contributed by atoms with E-state index < -0.39 is 29.6 Å². The molecule has 8 heteroatoms. The molecule has 0 aliphatic heterocycles. The van der Waals surface area contributed by atoms with Crippen LogP contribution in [0, 0.1) is 11.6 Å². The van der Waals surface area contributed by atoms with Gasteiger partial charge in [0, 0.05) is 6.07 Å². The Kier molecular flexibility index (Phi) is 6.27. The van der Waals surface area contributed by atoms with Gasteiger partial charge in [0.05, 0.1) is 6.54 Å². The molecule has 0 saturated carbocycles. The second-order valence-corrected chi connectivity index (χ2v) is 5.07. The zero-order chi connectivity index (χ0) is 18.2. The highest BCUT2D eigenvalue weighted by molar-refractivity contribution is 5.86. The molecule has 0 radical (unpaired) electrons. The van der Waals surface area contributed by atoms with Crippen LogP contribution in [0.4, 0.5) is 13.6 Å². The van der Waals surface area contributed by atoms with Crippen molar-refractivity contribution in [1.82, 2.24) is 10.6 Å². The molecule has 0 spiro atoms. The number of nitrogens with one attached hydrogen (secondary N) is 2. The summed E-state index contributed by atoms with van der Waals surface area (Å²) in [6.07, 6.45) is 0. The number of carbonyl (C=O) groups excluding carboxylic acids is 2. The van der Waals surface area contributed by atoms with E-state index in [0.717, 1.165) is 12.1 Å². The summed E-state index contributed by atoms with van der Waals surface area (Å²) in [6, 6.07) is 9.85. The van der Waals surface area contributed by atoms with Gasteiger partial charge in [0.15, 0.2) is 11.6 Å². The number of benzene rings is 2. The molecule has 2 aromatic carbocycles. The highest BCUT2D eigenvalue weighted by Gasteiger charge is 2.19. The van der Waals surface area contributed by atoms with Gasteiger partial charge in [-0.25, -0.2) is 13.6 Å². The van der Waals surface area contributed by atoms with Crippen molar-refractivity contribution in [3.8, 4) is 5.75 Å². The molecule has 0 aliphatic carbocycles. The lowest BCUT2D eigenvalue weighted by Crippen LogP contribution is -2.44. The van der Waals surface area contributed by atoms with Crippen LogP contribution in [0.15, 0.2) is 48.5 Å². The van der Waals surface area contributed by atoms with Gasteiger partial charge in [0.1, 0.15) is 18.5 Å². The predicted molar refractivity (Wildman–Crippen MR) is 86.8 cm³/mol. The third-order valence-corrected chi connectivity index (χ3v) is 3.23. The lowest BCUT2D eigenvalue weighted by atomic mass is 10.1. The maximum Gasteiger partial charge on any atom is 0.315 e. The van der Waals surface area contributed by atoms with E-state index in [1.165, 1.54) is 0 Å². The molecule has 0 fully saturated rings. The third-order valence-electron chi connectivity index (χ3n) is 3.23. The Morgan fingerprint density at radius 3 is 2.48 bits per heavy atom. The van der Waals surface area contributed by atoms with Crippen LogP contribution in [-0.4, -0.2) is 25.1 Å². The number of ether oxygens (including phenoxy) is 1. The van der Waals surface area contributed by atoms with Crippen molar-refractivity contribution in [2.45, 2.75) is 6.04 Å². The summed E-state index contributed by atoms with van der Waals surface area (Å²) in [7, 11) is 0. The minimum Gasteiger partial charge on any atom is -0.489 e. The van der Waals surface area contributed by atoms with Crippen molar-refractivity contribution in [1.29, 1.82) is 0 Å². The van der Waals surface area contributed by atoms with Crippen LogP contribution in [0.2, 0.25) is 0 Å². The predicted octanol–water partition coefficient (Wildman–Crippen LogP) is 1.87. The van der Waals surface area contributed by atoms with Gasteiger partial charge in [-0.2, -0.15) is 0 Å². The fourth-order valence-corrected chi connectivity index (χ4v) is 2.06. The maximum atomic E-state index is 13.4. The van der Waals surface area contributed by atoms with Crippen LogP contribution in [0.1, 0.15) is 11.6 Å². The Hall–Kier alpha value is -3.16. The summed E-state index contributed by atoms with van der Waals surface area (Å²) in [5.41, 5.74) is 5.85. The van der Waals surface area contributed by atoms with Gasteiger partial charge in [0.25, 0.3) is 0 Å². The van der Waals surface area contributed by atoms with Crippen LogP contribution >= 0.6 is 0 Å². The number of primary amides is 1. The maximum absolute atomic E-state index is 13.4. The molecule has 132 valence electrons. The monoisotopic (exact) mass is 349 g/mol. The van der Waals surface area contributed by atoms with Crippen molar-refractivity contribution in [3.63, 3.8) is 0 Å². The molecule has 25 heavy (non-hydrogen) atoms. The van der Waals surface area contributed by atoms with Crippen LogP contribution in [0.25, 0.3) is 0 Å². The summed E-state index contributed by atoms with van der Waals surface area (Å²) >= 11 is 0. The molecule has 3 amide bonds. The number of carbonyl (C=O) groups is 2. The summed E-state index contributed by atoms with van der Waals surface area (Å²) in [5, 5.41) is 4.91. The van der Waals surface area contributed by atoms with Crippen molar-refractivity contribution < 1.29 is 23.1 Å². The molecule has 0 heterocycles. The van der Waals surface area contributed by atoms with Crippen molar-refractivity contribution in [2.75, 3.05) is 13.2 Å². The second-order valence-electron chi connectivity index (χ2n) is 5.07. The average molecular weight is 349 g/mol. The molecular weight excluding hydrogens is 332 g/mol. The fraction of sp³-hybridized carbons (Fsp3) is 0.176. The molecule has 2 rings (SSSR count). The van der Waals surface area contributed by atoms with E-state index in [0.29, 0.717) is 11.6 Å². The van der Waals surface area contributed by atoms with Crippen LogP contribution in [0.5, 0.6) is 5.75 Å². The Morgan fingerprint density at radius 1 is 1.12 bits per heavy atom. The van der Waals surface area contributed by atoms with E-state index in [-0.39, 0.29) is 18.9 Å². The van der Waals surface area contributed by atoms with E-state index in [2.05, 4.69) is 10.6 Å². The van der Waals surface area contributed by atoms with Gasteiger partial charge < -0.3 is 21.1 Å².